The van der Waals surface area contributed by atoms with Crippen molar-refractivity contribution >= 4 is 19.0 Å². The number of hydrogen-bond donors (Lipinski definition) is 0. The van der Waals surface area contributed by atoms with Crippen LogP contribution in [0.25, 0.3) is 0 Å². The normalized spacial score (nSPS) is 12.2. The van der Waals surface area contributed by atoms with Gasteiger partial charge in [0.15, 0.2) is 0 Å². The fourth-order valence-corrected chi connectivity index (χ4v) is 4.27. The minimum absolute atomic E-state index is 0.0557. The molecule has 0 bridgehead atoms. The van der Waals surface area contributed by atoms with Crippen molar-refractivity contribution in [1.82, 2.24) is 9.80 Å². The molecular weight excluding hydrogens is 340 g/mol. The molecule has 0 heterocycles. The first kappa shape index (κ1) is 24.2. The second-order valence-electron chi connectivity index (χ2n) is 5.37. The Balaban J connectivity index is 3.88. The van der Waals surface area contributed by atoms with Gasteiger partial charge < -0.3 is 28.7 Å². The summed E-state index contributed by atoms with van der Waals surface area (Å²) < 4.78 is 22.4. The summed E-state index contributed by atoms with van der Waals surface area (Å²) in [6.07, 6.45) is 2.00. The highest BCUT2D eigenvalue weighted by Crippen LogP contribution is 1.97. The van der Waals surface area contributed by atoms with Gasteiger partial charge in [-0.05, 0) is 54.1 Å². The highest BCUT2D eigenvalue weighted by atomic mass is 28.2. The fourth-order valence-electron chi connectivity index (χ4n) is 1.90. The molecule has 8 heteroatoms. The van der Waals surface area contributed by atoms with Gasteiger partial charge in [-0.3, -0.25) is 0 Å². The van der Waals surface area contributed by atoms with Gasteiger partial charge in [-0.15, -0.1) is 0 Å². The average molecular weight is 377 g/mol. The summed E-state index contributed by atoms with van der Waals surface area (Å²) in [5, 5.41) is 0. The highest BCUT2D eigenvalue weighted by Gasteiger charge is 2.13. The van der Waals surface area contributed by atoms with Crippen molar-refractivity contribution in [3.05, 3.63) is 0 Å². The lowest BCUT2D eigenvalue weighted by molar-refractivity contribution is -0.0837. The summed E-state index contributed by atoms with van der Waals surface area (Å²) in [4.78, 5) is 4.68. The summed E-state index contributed by atoms with van der Waals surface area (Å²) in [7, 11) is 5.59. The number of ether oxygens (including phenoxy) is 4. The Morgan fingerprint density at radius 2 is 0.917 bits per heavy atom. The first-order valence-corrected chi connectivity index (χ1v) is 11.4. The second-order valence-corrected chi connectivity index (χ2v) is 7.76. The molecule has 0 rings (SSSR count). The van der Waals surface area contributed by atoms with Crippen molar-refractivity contribution in [3.63, 3.8) is 0 Å². The lowest BCUT2D eigenvalue weighted by atomic mass is 10.5. The molecule has 0 amide bonds. The van der Waals surface area contributed by atoms with Crippen LogP contribution in [0.1, 0.15) is 27.7 Å². The number of hydrogen-bond acceptors (Lipinski definition) is 6. The van der Waals surface area contributed by atoms with Gasteiger partial charge >= 0.3 is 0 Å². The molecule has 0 N–H and O–H groups in total. The Morgan fingerprint density at radius 1 is 0.625 bits per heavy atom. The zero-order valence-electron chi connectivity index (χ0n) is 16.3. The van der Waals surface area contributed by atoms with Crippen LogP contribution in [0.5, 0.6) is 0 Å². The van der Waals surface area contributed by atoms with E-state index < -0.39 is 0 Å². The fraction of sp³-hybridized carbons (Fsp3) is 1.00. The topological polar surface area (TPSA) is 43.4 Å². The highest BCUT2D eigenvalue weighted by molar-refractivity contribution is 6.37. The van der Waals surface area contributed by atoms with E-state index in [4.69, 9.17) is 18.9 Å². The molecule has 0 aromatic rings. The Morgan fingerprint density at radius 3 is 1.17 bits per heavy atom. The van der Waals surface area contributed by atoms with Crippen molar-refractivity contribution in [2.24, 2.45) is 0 Å². The summed E-state index contributed by atoms with van der Waals surface area (Å²) in [6, 6.07) is 0. The molecule has 0 unspecified atom stereocenters. The van der Waals surface area contributed by atoms with Crippen molar-refractivity contribution in [2.45, 2.75) is 39.5 Å². The van der Waals surface area contributed by atoms with E-state index in [1.807, 2.05) is 27.7 Å². The Hall–Kier alpha value is 0.194. The monoisotopic (exact) mass is 376 g/mol. The summed E-state index contributed by atoms with van der Waals surface area (Å²) >= 11 is 0. The van der Waals surface area contributed by atoms with Crippen molar-refractivity contribution in [2.75, 3.05) is 65.9 Å². The van der Waals surface area contributed by atoms with Crippen LogP contribution in [0.4, 0.5) is 0 Å². The van der Waals surface area contributed by atoms with E-state index >= 15 is 0 Å². The first-order valence-electron chi connectivity index (χ1n) is 8.87. The maximum atomic E-state index is 5.60. The molecule has 0 fully saturated rings. The van der Waals surface area contributed by atoms with Crippen molar-refractivity contribution in [3.8, 4) is 0 Å². The molecule has 0 atom stereocenters. The largest absolute Gasteiger partial charge is 0.357 e. The smallest absolute Gasteiger partial charge is 0.138 e. The van der Waals surface area contributed by atoms with Gasteiger partial charge in [0.05, 0.1) is 0 Å². The van der Waals surface area contributed by atoms with Crippen LogP contribution in [0.3, 0.4) is 0 Å². The summed E-state index contributed by atoms with van der Waals surface area (Å²) in [6.45, 7) is 12.9. The van der Waals surface area contributed by atoms with Crippen LogP contribution in [-0.4, -0.2) is 107 Å². The number of rotatable bonds is 17. The third-order valence-corrected chi connectivity index (χ3v) is 5.97. The van der Waals surface area contributed by atoms with E-state index in [2.05, 4.69) is 23.9 Å². The Bertz CT molecular complexity index is 240. The maximum Gasteiger partial charge on any atom is 0.138 e. The predicted molar refractivity (Wildman–Crippen MR) is 101 cm³/mol. The van der Waals surface area contributed by atoms with Crippen LogP contribution >= 0.6 is 0 Å². The third kappa shape index (κ3) is 13.5. The van der Waals surface area contributed by atoms with Gasteiger partial charge in [-0.2, -0.15) is 0 Å². The van der Waals surface area contributed by atoms with E-state index in [1.54, 1.807) is 0 Å². The van der Waals surface area contributed by atoms with E-state index in [9.17, 15) is 0 Å². The summed E-state index contributed by atoms with van der Waals surface area (Å²) in [5.41, 5.74) is 0. The van der Waals surface area contributed by atoms with Crippen molar-refractivity contribution < 1.29 is 18.9 Å². The van der Waals surface area contributed by atoms with Crippen LogP contribution in [0, 0.1) is 0 Å². The van der Waals surface area contributed by atoms with E-state index in [-0.39, 0.29) is 11.8 Å². The van der Waals surface area contributed by atoms with E-state index in [0.29, 0.717) is 45.5 Å². The van der Waals surface area contributed by atoms with Gasteiger partial charge in [0.25, 0.3) is 0 Å². The number of likely N-dealkylation sites (N-methyl/N-ethyl adjacent to an activating group) is 2. The molecule has 0 aliphatic heterocycles. The molecule has 0 aromatic carbocycles. The van der Waals surface area contributed by atoms with Gasteiger partial charge in [-0.25, -0.2) is 0 Å². The van der Waals surface area contributed by atoms with Crippen LogP contribution < -0.4 is 0 Å². The Kier molecular flexibility index (Phi) is 16.8. The minimum atomic E-state index is -0.0557. The molecule has 0 spiro atoms. The minimum Gasteiger partial charge on any atom is -0.357 e. The van der Waals surface area contributed by atoms with Crippen molar-refractivity contribution in [1.29, 1.82) is 0 Å². The quantitative estimate of drug-likeness (QED) is 0.277. The second kappa shape index (κ2) is 16.7. The molecule has 0 saturated heterocycles. The maximum absolute atomic E-state index is 5.60. The SMILES string of the molecule is CCOC(OCC)[Si]CN(C)CCN(C)C[Si]C(OCC)OCC. The molecular formula is C16H36N2O4Si2. The standard InChI is InChI=1S/C16H36N2O4Si2/c1-7-19-15(20-8-2)23-13-17(5)11-12-18(6)14-24-16(21-9-3)22-10-4/h15-16H,7-14H2,1-6H3. The molecule has 0 saturated carbocycles. The lowest BCUT2D eigenvalue weighted by Gasteiger charge is -2.24. The zero-order chi connectivity index (χ0) is 18.2. The van der Waals surface area contributed by atoms with E-state index in [1.165, 1.54) is 0 Å². The third-order valence-electron chi connectivity index (χ3n) is 3.19. The lowest BCUT2D eigenvalue weighted by Crippen LogP contribution is -2.40. The number of nitrogens with zero attached hydrogens (tertiary/aromatic N) is 2. The zero-order valence-corrected chi connectivity index (χ0v) is 18.3. The predicted octanol–water partition coefficient (Wildman–Crippen LogP) is 0.887. The molecule has 0 aliphatic rings. The average Bonchev–Trinajstić information content (AvgIpc) is 2.56. The summed E-state index contributed by atoms with van der Waals surface area (Å²) in [5.74, 6) is -0.111. The van der Waals surface area contributed by atoms with Gasteiger partial charge in [0, 0.05) is 39.5 Å². The van der Waals surface area contributed by atoms with Crippen LogP contribution in [-0.2, 0) is 18.9 Å². The molecule has 0 aliphatic carbocycles. The van der Waals surface area contributed by atoms with Gasteiger partial charge in [0.1, 0.15) is 30.9 Å². The molecule has 4 radical (unpaired) electrons. The van der Waals surface area contributed by atoms with Crippen LogP contribution in [0.15, 0.2) is 0 Å². The molecule has 142 valence electrons. The van der Waals surface area contributed by atoms with Crippen LogP contribution in [0.2, 0.25) is 0 Å². The molecule has 24 heavy (non-hydrogen) atoms. The molecule has 6 nitrogen and oxygen atoms in total. The Labute approximate surface area is 153 Å². The first-order chi connectivity index (χ1) is 11.6. The van der Waals surface area contributed by atoms with E-state index in [0.717, 1.165) is 25.4 Å². The van der Waals surface area contributed by atoms with Gasteiger partial charge in [0.2, 0.25) is 0 Å². The van der Waals surface area contributed by atoms with Gasteiger partial charge in [-0.1, -0.05) is 0 Å². The molecule has 0 aromatic heterocycles.